The van der Waals surface area contributed by atoms with Crippen molar-refractivity contribution in [3.8, 4) is 0 Å². The number of carbonyl (C=O) groups is 1. The third-order valence-corrected chi connectivity index (χ3v) is 4.93. The van der Waals surface area contributed by atoms with Crippen LogP contribution >= 0.6 is 0 Å². The molecule has 3 rings (SSSR count). The number of aromatic nitrogens is 1. The summed E-state index contributed by atoms with van der Waals surface area (Å²) in [6.07, 6.45) is 4.20. The van der Waals surface area contributed by atoms with E-state index in [0.717, 1.165) is 23.8 Å². The first-order valence-electron chi connectivity index (χ1n) is 9.84. The van der Waals surface area contributed by atoms with Gasteiger partial charge in [0.2, 0.25) is 0 Å². The lowest BCUT2D eigenvalue weighted by molar-refractivity contribution is -0.117. The van der Waals surface area contributed by atoms with Gasteiger partial charge in [-0.05, 0) is 56.2 Å². The van der Waals surface area contributed by atoms with Crippen LogP contribution in [0.3, 0.4) is 0 Å². The van der Waals surface area contributed by atoms with E-state index in [1.165, 1.54) is 12.1 Å². The summed E-state index contributed by atoms with van der Waals surface area (Å²) >= 11 is 0. The fourth-order valence-electron chi connectivity index (χ4n) is 3.29. The van der Waals surface area contributed by atoms with Gasteiger partial charge in [0, 0.05) is 38.8 Å². The number of pyridine rings is 1. The zero-order valence-corrected chi connectivity index (χ0v) is 18.0. The van der Waals surface area contributed by atoms with E-state index in [2.05, 4.69) is 21.5 Å². The van der Waals surface area contributed by atoms with Crippen LogP contribution in [0.5, 0.6) is 0 Å². The van der Waals surface area contributed by atoms with Gasteiger partial charge in [-0.25, -0.2) is 18.8 Å². The van der Waals surface area contributed by atoms with E-state index in [1.54, 1.807) is 25.3 Å². The molecule has 0 amide bonds. The fraction of sp³-hybridized carbons (Fsp3) is 0.348. The zero-order chi connectivity index (χ0) is 21.9. The highest BCUT2D eigenvalue weighted by molar-refractivity contribution is 5.99. The number of hydrogen-bond donors (Lipinski definition) is 1. The Balaban J connectivity index is 0.00000256. The van der Waals surface area contributed by atoms with Crippen molar-refractivity contribution in [1.82, 2.24) is 15.4 Å². The first kappa shape index (κ1) is 24.3. The van der Waals surface area contributed by atoms with Crippen LogP contribution in [0.4, 0.5) is 19.2 Å². The van der Waals surface area contributed by atoms with Gasteiger partial charge < -0.3 is 5.43 Å². The minimum absolute atomic E-state index is 0. The van der Waals surface area contributed by atoms with Crippen LogP contribution in [0.25, 0.3) is 0 Å². The van der Waals surface area contributed by atoms with Gasteiger partial charge in [0.05, 0.1) is 11.7 Å². The van der Waals surface area contributed by atoms with Crippen LogP contribution in [0.1, 0.15) is 51.5 Å². The van der Waals surface area contributed by atoms with Gasteiger partial charge in [-0.1, -0.05) is 18.2 Å². The lowest BCUT2D eigenvalue weighted by Gasteiger charge is -2.36. The van der Waals surface area contributed by atoms with E-state index in [4.69, 9.17) is 0 Å². The summed E-state index contributed by atoms with van der Waals surface area (Å²) in [5, 5.41) is 1.94. The SMILES string of the molecule is CC(=O)CCN1NC(=Nc2cccc(C(C)(F)F)c2)C(C)=CC1c1ccnc(C)c1.F.[HH]. The number of benzene rings is 1. The van der Waals surface area contributed by atoms with E-state index >= 15 is 0 Å². The summed E-state index contributed by atoms with van der Waals surface area (Å²) in [4.78, 5) is 20.4. The minimum atomic E-state index is -2.93. The van der Waals surface area contributed by atoms with Crippen molar-refractivity contribution in [2.45, 2.75) is 46.1 Å². The lowest BCUT2D eigenvalue weighted by Crippen LogP contribution is -2.48. The predicted octanol–water partition coefficient (Wildman–Crippen LogP) is 5.42. The van der Waals surface area contributed by atoms with Crippen molar-refractivity contribution in [3.63, 3.8) is 0 Å². The molecule has 2 heterocycles. The number of amidine groups is 1. The largest absolute Gasteiger partial charge is 0.302 e. The summed E-state index contributed by atoms with van der Waals surface area (Å²) in [6, 6.07) is 9.89. The number of ketones is 1. The Bertz CT molecular complexity index is 1000. The van der Waals surface area contributed by atoms with E-state index in [0.29, 0.717) is 24.5 Å². The number of nitrogens with zero attached hydrogens (tertiary/aromatic N) is 3. The average molecular weight is 435 g/mol. The Morgan fingerprint density at radius 1 is 1.29 bits per heavy atom. The molecule has 0 saturated carbocycles. The highest BCUT2D eigenvalue weighted by Crippen LogP contribution is 2.31. The number of carbonyl (C=O) groups excluding carboxylic acids is 1. The van der Waals surface area contributed by atoms with E-state index in [-0.39, 0.29) is 23.5 Å². The summed E-state index contributed by atoms with van der Waals surface area (Å²) in [5.41, 5.74) is 6.49. The molecule has 8 heteroatoms. The smallest absolute Gasteiger partial charge is 0.270 e. The highest BCUT2D eigenvalue weighted by atomic mass is 19.3. The molecule has 1 aliphatic heterocycles. The minimum Gasteiger partial charge on any atom is -0.302 e. The molecule has 0 radical (unpaired) electrons. The van der Waals surface area contributed by atoms with Crippen molar-refractivity contribution >= 4 is 17.3 Å². The van der Waals surface area contributed by atoms with E-state index in [9.17, 15) is 13.6 Å². The molecular formula is C23H29F3N4O. The Labute approximate surface area is 181 Å². The number of alkyl halides is 2. The van der Waals surface area contributed by atoms with Crippen LogP contribution in [0.15, 0.2) is 59.2 Å². The fourth-order valence-corrected chi connectivity index (χ4v) is 3.29. The molecule has 1 atom stereocenters. The maximum absolute atomic E-state index is 13.7. The molecule has 1 aromatic carbocycles. The molecule has 0 fully saturated rings. The second-order valence-electron chi connectivity index (χ2n) is 7.68. The number of rotatable bonds is 6. The molecule has 1 N–H and O–H groups in total. The van der Waals surface area contributed by atoms with Crippen molar-refractivity contribution in [3.05, 3.63) is 71.1 Å². The molecule has 31 heavy (non-hydrogen) atoms. The zero-order valence-electron chi connectivity index (χ0n) is 18.0. The van der Waals surface area contributed by atoms with E-state index in [1.807, 2.05) is 31.0 Å². The maximum atomic E-state index is 13.7. The average Bonchev–Trinajstić information content (AvgIpc) is 2.67. The van der Waals surface area contributed by atoms with Crippen LogP contribution in [0.2, 0.25) is 0 Å². The Morgan fingerprint density at radius 3 is 2.68 bits per heavy atom. The number of nitrogens with one attached hydrogen (secondary N) is 1. The number of aliphatic imine (C=N–C) groups is 1. The molecule has 0 bridgehead atoms. The Kier molecular flexibility index (Phi) is 7.73. The van der Waals surface area contributed by atoms with Crippen LogP contribution in [-0.2, 0) is 10.7 Å². The second kappa shape index (κ2) is 9.87. The predicted molar refractivity (Wildman–Crippen MR) is 118 cm³/mol. The number of halogens is 3. The summed E-state index contributed by atoms with van der Waals surface area (Å²) in [5.74, 6) is -2.28. The van der Waals surface area contributed by atoms with Crippen molar-refractivity contribution in [2.24, 2.45) is 4.99 Å². The van der Waals surface area contributed by atoms with Crippen LogP contribution in [0, 0.1) is 6.92 Å². The molecule has 0 aliphatic carbocycles. The highest BCUT2D eigenvalue weighted by Gasteiger charge is 2.27. The molecule has 1 aromatic heterocycles. The molecule has 0 spiro atoms. The van der Waals surface area contributed by atoms with Gasteiger partial charge in [0.15, 0.2) is 0 Å². The summed E-state index contributed by atoms with van der Waals surface area (Å²) < 4.78 is 27.4. The molecule has 168 valence electrons. The van der Waals surface area contributed by atoms with Gasteiger partial charge in [0.1, 0.15) is 11.6 Å². The third kappa shape index (κ3) is 6.24. The molecule has 1 aliphatic rings. The summed E-state index contributed by atoms with van der Waals surface area (Å²) in [6.45, 7) is 6.76. The quantitative estimate of drug-likeness (QED) is 0.660. The van der Waals surface area contributed by atoms with Crippen molar-refractivity contribution < 1.29 is 19.7 Å². The van der Waals surface area contributed by atoms with Crippen molar-refractivity contribution in [2.75, 3.05) is 6.54 Å². The number of Topliss-reactive ketones (excluding diaryl/α,β-unsaturated/α-hetero) is 1. The summed E-state index contributed by atoms with van der Waals surface area (Å²) in [7, 11) is 0. The first-order valence-corrected chi connectivity index (χ1v) is 9.84. The Hall–Kier alpha value is -3.00. The molecule has 1 unspecified atom stereocenters. The number of aryl methyl sites for hydroxylation is 1. The topological polar surface area (TPSA) is 57.6 Å². The second-order valence-corrected chi connectivity index (χ2v) is 7.68. The normalized spacial score (nSPS) is 18.2. The molecule has 0 saturated heterocycles. The Morgan fingerprint density at radius 2 is 2.03 bits per heavy atom. The van der Waals surface area contributed by atoms with Gasteiger partial charge in [0.25, 0.3) is 5.92 Å². The van der Waals surface area contributed by atoms with Gasteiger partial charge in [-0.3, -0.25) is 14.5 Å². The number of hydrazine groups is 1. The van der Waals surface area contributed by atoms with E-state index < -0.39 is 5.92 Å². The standard InChI is InChI=1S/C23H26F2N4O.FH.H2/c1-15-12-21(18-8-10-26-16(2)13-18)29(11-9-17(3)30)28-22(15)27-20-7-5-6-19(14-20)23(4,24)25;;/h5-8,10,12-14,21H,9,11H2,1-4H3,(H,27,28);2*1H. The monoisotopic (exact) mass is 434 g/mol. The van der Waals surface area contributed by atoms with Gasteiger partial charge >= 0.3 is 0 Å². The van der Waals surface area contributed by atoms with Crippen molar-refractivity contribution in [1.29, 1.82) is 0 Å². The number of hydrogen-bond acceptors (Lipinski definition) is 4. The van der Waals surface area contributed by atoms with Crippen LogP contribution < -0.4 is 5.43 Å². The molecular weight excluding hydrogens is 405 g/mol. The first-order chi connectivity index (χ1) is 14.1. The lowest BCUT2D eigenvalue weighted by atomic mass is 10.0. The third-order valence-electron chi connectivity index (χ3n) is 4.93. The van der Waals surface area contributed by atoms with Gasteiger partial charge in [-0.2, -0.15) is 0 Å². The molecule has 5 nitrogen and oxygen atoms in total. The van der Waals surface area contributed by atoms with Crippen LogP contribution in [-0.4, -0.2) is 28.2 Å². The maximum Gasteiger partial charge on any atom is 0.270 e. The molecule has 2 aromatic rings. The van der Waals surface area contributed by atoms with Gasteiger partial charge in [-0.15, -0.1) is 0 Å².